The van der Waals surface area contributed by atoms with Gasteiger partial charge in [0.1, 0.15) is 12.6 Å². The van der Waals surface area contributed by atoms with Crippen molar-refractivity contribution in [1.82, 2.24) is 15.5 Å². The van der Waals surface area contributed by atoms with Crippen molar-refractivity contribution < 1.29 is 24.3 Å². The molecule has 0 aromatic heterocycles. The van der Waals surface area contributed by atoms with Gasteiger partial charge in [-0.05, 0) is 24.3 Å². The molecule has 0 unspecified atom stereocenters. The van der Waals surface area contributed by atoms with Gasteiger partial charge < -0.3 is 26.4 Å². The number of likely N-dealkylation sites (N-methyl/N-ethyl adjacent to an activating group) is 1. The van der Waals surface area contributed by atoms with Crippen molar-refractivity contribution in [2.45, 2.75) is 38.8 Å². The Morgan fingerprint density at radius 1 is 1.14 bits per heavy atom. The summed E-state index contributed by atoms with van der Waals surface area (Å²) < 4.78 is 0. The predicted octanol–water partition coefficient (Wildman–Crippen LogP) is -0.253. The minimum atomic E-state index is -1.18. The molecule has 0 aliphatic carbocycles. The first-order valence-electron chi connectivity index (χ1n) is 9.43. The highest BCUT2D eigenvalue weighted by Gasteiger charge is 2.25. The van der Waals surface area contributed by atoms with E-state index in [2.05, 4.69) is 10.6 Å². The molecule has 0 saturated carbocycles. The number of rotatable bonds is 11. The lowest BCUT2D eigenvalue weighted by Gasteiger charge is -2.24. The van der Waals surface area contributed by atoms with Crippen LogP contribution in [0.4, 0.5) is 0 Å². The van der Waals surface area contributed by atoms with E-state index < -0.39 is 36.4 Å². The van der Waals surface area contributed by atoms with Crippen LogP contribution in [0.15, 0.2) is 30.3 Å². The van der Waals surface area contributed by atoms with Crippen molar-refractivity contribution in [2.75, 3.05) is 20.1 Å². The van der Waals surface area contributed by atoms with Crippen LogP contribution >= 0.6 is 0 Å². The Kier molecular flexibility index (Phi) is 9.81. The molecule has 0 spiro atoms. The van der Waals surface area contributed by atoms with E-state index in [0.717, 1.165) is 5.56 Å². The summed E-state index contributed by atoms with van der Waals surface area (Å²) in [6.07, 6.45) is 0.682. The summed E-state index contributed by atoms with van der Waals surface area (Å²) in [6.45, 7) is 2.96. The van der Waals surface area contributed by atoms with Crippen LogP contribution in [-0.2, 0) is 25.6 Å². The fourth-order valence-electron chi connectivity index (χ4n) is 2.76. The summed E-state index contributed by atoms with van der Waals surface area (Å²) in [5.74, 6) is -2.58. The van der Waals surface area contributed by atoms with Crippen LogP contribution in [0, 0.1) is 5.92 Å². The average Bonchev–Trinajstić information content (AvgIpc) is 2.65. The molecule has 0 fully saturated rings. The molecule has 9 heteroatoms. The molecule has 0 aliphatic heterocycles. The van der Waals surface area contributed by atoms with Gasteiger partial charge in [0.2, 0.25) is 17.7 Å². The topological polar surface area (TPSA) is 142 Å². The zero-order valence-electron chi connectivity index (χ0n) is 17.1. The first-order valence-corrected chi connectivity index (χ1v) is 9.43. The highest BCUT2D eigenvalue weighted by atomic mass is 16.4. The van der Waals surface area contributed by atoms with E-state index >= 15 is 0 Å². The fraction of sp³-hybridized carbons (Fsp3) is 0.500. The van der Waals surface area contributed by atoms with Crippen molar-refractivity contribution in [3.8, 4) is 0 Å². The zero-order chi connectivity index (χ0) is 22.0. The quantitative estimate of drug-likeness (QED) is 0.399. The number of carboxylic acids is 1. The smallest absolute Gasteiger partial charge is 0.322 e. The van der Waals surface area contributed by atoms with Crippen molar-refractivity contribution in [1.29, 1.82) is 0 Å². The van der Waals surface area contributed by atoms with Crippen LogP contribution in [-0.4, -0.2) is 65.9 Å². The number of carboxylic acid groups (broad SMARTS) is 1. The predicted molar refractivity (Wildman–Crippen MR) is 108 cm³/mol. The largest absolute Gasteiger partial charge is 0.480 e. The SMILES string of the molecule is CC(C)C[C@H](NC(=O)CN(C)C(=O)[C@@H](N)Cc1ccccc1)C(=O)NCC(=O)O. The minimum absolute atomic E-state index is 0.0922. The molecule has 2 atom stereocenters. The molecule has 9 nitrogen and oxygen atoms in total. The van der Waals surface area contributed by atoms with E-state index in [1.165, 1.54) is 11.9 Å². The van der Waals surface area contributed by atoms with Crippen LogP contribution in [0.1, 0.15) is 25.8 Å². The number of nitrogens with one attached hydrogen (secondary N) is 2. The minimum Gasteiger partial charge on any atom is -0.480 e. The Hall–Kier alpha value is -2.94. The third-order valence-corrected chi connectivity index (χ3v) is 4.15. The molecule has 3 amide bonds. The standard InChI is InChI=1S/C20H30N4O5/c1-13(2)9-16(19(28)22-11-18(26)27)23-17(25)12-24(3)20(29)15(21)10-14-7-5-4-6-8-14/h4-8,13,15-16H,9-12,21H2,1-3H3,(H,22,28)(H,23,25)(H,26,27)/t15-,16-/m0/s1. The number of amides is 3. The number of hydrogen-bond acceptors (Lipinski definition) is 5. The number of benzene rings is 1. The van der Waals surface area contributed by atoms with Crippen LogP contribution in [0.25, 0.3) is 0 Å². The van der Waals surface area contributed by atoms with E-state index in [0.29, 0.717) is 12.8 Å². The van der Waals surface area contributed by atoms with Gasteiger partial charge >= 0.3 is 5.97 Å². The van der Waals surface area contributed by atoms with Gasteiger partial charge in [-0.25, -0.2) is 0 Å². The molecule has 0 bridgehead atoms. The van der Waals surface area contributed by atoms with Gasteiger partial charge in [-0.1, -0.05) is 44.2 Å². The third-order valence-electron chi connectivity index (χ3n) is 4.15. The Balaban J connectivity index is 2.62. The van der Waals surface area contributed by atoms with Crippen LogP contribution in [0.2, 0.25) is 0 Å². The van der Waals surface area contributed by atoms with Crippen molar-refractivity contribution in [3.05, 3.63) is 35.9 Å². The van der Waals surface area contributed by atoms with Crippen LogP contribution < -0.4 is 16.4 Å². The highest BCUT2D eigenvalue weighted by Crippen LogP contribution is 2.06. The molecule has 0 radical (unpaired) electrons. The number of nitrogens with two attached hydrogens (primary N) is 1. The molecule has 0 heterocycles. The first kappa shape index (κ1) is 24.1. The van der Waals surface area contributed by atoms with Gasteiger partial charge in [-0.2, -0.15) is 0 Å². The summed E-state index contributed by atoms with van der Waals surface area (Å²) in [4.78, 5) is 48.8. The van der Waals surface area contributed by atoms with Crippen LogP contribution in [0.5, 0.6) is 0 Å². The molecule has 1 rings (SSSR count). The maximum Gasteiger partial charge on any atom is 0.322 e. The molecule has 0 saturated heterocycles. The summed E-state index contributed by atoms with van der Waals surface area (Å²) in [5.41, 5.74) is 6.88. The normalized spacial score (nSPS) is 12.7. The third kappa shape index (κ3) is 9.20. The van der Waals surface area contributed by atoms with Gasteiger partial charge in [0.15, 0.2) is 0 Å². The summed E-state index contributed by atoms with van der Waals surface area (Å²) in [7, 11) is 1.47. The van der Waals surface area contributed by atoms with Gasteiger partial charge in [0.25, 0.3) is 0 Å². The molecule has 1 aromatic carbocycles. The summed E-state index contributed by atoms with van der Waals surface area (Å²) >= 11 is 0. The number of nitrogens with zero attached hydrogens (tertiary/aromatic N) is 1. The average molecular weight is 406 g/mol. The molecular formula is C20H30N4O5. The fourth-order valence-corrected chi connectivity index (χ4v) is 2.76. The van der Waals surface area contributed by atoms with Gasteiger partial charge in [-0.15, -0.1) is 0 Å². The Bertz CT molecular complexity index is 708. The van der Waals surface area contributed by atoms with E-state index in [1.807, 2.05) is 44.2 Å². The van der Waals surface area contributed by atoms with Crippen molar-refractivity contribution in [2.24, 2.45) is 11.7 Å². The maximum atomic E-state index is 12.4. The molecule has 1 aromatic rings. The van der Waals surface area contributed by atoms with Crippen LogP contribution in [0.3, 0.4) is 0 Å². The second-order valence-corrected chi connectivity index (χ2v) is 7.35. The van der Waals surface area contributed by atoms with E-state index in [4.69, 9.17) is 10.8 Å². The van der Waals surface area contributed by atoms with E-state index in [1.54, 1.807) is 0 Å². The van der Waals surface area contributed by atoms with Gasteiger partial charge in [0, 0.05) is 7.05 Å². The lowest BCUT2D eigenvalue weighted by Crippen LogP contribution is -2.52. The number of carbonyl (C=O) groups excluding carboxylic acids is 3. The zero-order valence-corrected chi connectivity index (χ0v) is 17.1. The molecule has 5 N–H and O–H groups in total. The van der Waals surface area contributed by atoms with Gasteiger partial charge in [0.05, 0.1) is 12.6 Å². The van der Waals surface area contributed by atoms with Crippen molar-refractivity contribution >= 4 is 23.7 Å². The molecule has 160 valence electrons. The Morgan fingerprint density at radius 2 is 1.76 bits per heavy atom. The number of carbonyl (C=O) groups is 4. The van der Waals surface area contributed by atoms with Gasteiger partial charge in [-0.3, -0.25) is 19.2 Å². The van der Waals surface area contributed by atoms with E-state index in [-0.39, 0.29) is 18.4 Å². The van der Waals surface area contributed by atoms with E-state index in [9.17, 15) is 19.2 Å². The number of hydrogen-bond donors (Lipinski definition) is 4. The monoisotopic (exact) mass is 406 g/mol. The Morgan fingerprint density at radius 3 is 2.31 bits per heavy atom. The lowest BCUT2D eigenvalue weighted by atomic mass is 10.0. The number of aliphatic carboxylic acids is 1. The summed E-state index contributed by atoms with van der Waals surface area (Å²) in [6, 6.07) is 7.64. The Labute approximate surface area is 170 Å². The lowest BCUT2D eigenvalue weighted by molar-refractivity contribution is -0.139. The molecule has 29 heavy (non-hydrogen) atoms. The maximum absolute atomic E-state index is 12.4. The van der Waals surface area contributed by atoms with Crippen molar-refractivity contribution in [3.63, 3.8) is 0 Å². The second-order valence-electron chi connectivity index (χ2n) is 7.35. The second kappa shape index (κ2) is 11.8. The molecular weight excluding hydrogens is 376 g/mol. The molecule has 0 aliphatic rings. The first-order chi connectivity index (χ1) is 13.6. The highest BCUT2D eigenvalue weighted by molar-refractivity contribution is 5.91. The summed E-state index contributed by atoms with van der Waals surface area (Å²) in [5, 5.41) is 13.5.